The van der Waals surface area contributed by atoms with E-state index < -0.39 is 0 Å². The van der Waals surface area contributed by atoms with Crippen molar-refractivity contribution < 1.29 is 4.74 Å². The summed E-state index contributed by atoms with van der Waals surface area (Å²) < 4.78 is 5.64. The Morgan fingerprint density at radius 2 is 1.91 bits per heavy atom. The molecule has 1 aliphatic rings. The summed E-state index contributed by atoms with van der Waals surface area (Å²) in [6, 6.07) is 4.37. The molecule has 116 valence electrons. The van der Waals surface area contributed by atoms with Gasteiger partial charge in [0, 0.05) is 30.7 Å². The summed E-state index contributed by atoms with van der Waals surface area (Å²) in [6.07, 6.45) is 8.44. The van der Waals surface area contributed by atoms with Crippen LogP contribution in [0.15, 0.2) is 36.9 Å². The van der Waals surface area contributed by atoms with Gasteiger partial charge in [-0.3, -0.25) is 4.98 Å². The molecule has 2 atom stereocenters. The number of hydrogen-bond donors (Lipinski definition) is 1. The monoisotopic (exact) mass is 298 g/mol. The highest BCUT2D eigenvalue weighted by Gasteiger charge is 2.28. The predicted octanol–water partition coefficient (Wildman–Crippen LogP) is 2.66. The first kappa shape index (κ1) is 14.9. The van der Waals surface area contributed by atoms with Gasteiger partial charge in [0.25, 0.3) is 0 Å². The molecule has 5 heteroatoms. The topological polar surface area (TPSA) is 59.9 Å². The minimum absolute atomic E-state index is 0.248. The smallest absolute Gasteiger partial charge is 0.222 e. The van der Waals surface area contributed by atoms with Crippen molar-refractivity contribution >= 4 is 5.95 Å². The molecule has 0 radical (unpaired) electrons. The molecular formula is C17H22N4O. The molecule has 1 saturated heterocycles. The zero-order chi connectivity index (χ0) is 15.4. The summed E-state index contributed by atoms with van der Waals surface area (Å²) in [5, 5.41) is 3.41. The number of hydrogen-bond acceptors (Lipinski definition) is 5. The third kappa shape index (κ3) is 3.60. The molecule has 5 nitrogen and oxygen atoms in total. The average Bonchev–Trinajstić information content (AvgIpc) is 2.96. The lowest BCUT2D eigenvalue weighted by Gasteiger charge is -2.19. The maximum atomic E-state index is 5.64. The average molecular weight is 298 g/mol. The first-order chi connectivity index (χ1) is 10.7. The van der Waals surface area contributed by atoms with Gasteiger partial charge < -0.3 is 10.1 Å². The quantitative estimate of drug-likeness (QED) is 0.919. The van der Waals surface area contributed by atoms with E-state index in [2.05, 4.69) is 46.2 Å². The first-order valence-electron chi connectivity index (χ1n) is 7.77. The standard InChI is InChI=1S/C17H22N4O/c1-12(2)15-8-19-17(20-9-15)21-16-11-22-10-14(16)7-13-3-5-18-6-4-13/h3-6,8-9,12,14,16H,7,10-11H2,1-2H3,(H,19,20,21)/t14-,16-/m1/s1. The molecule has 1 N–H and O–H groups in total. The number of pyridine rings is 1. The Balaban J connectivity index is 1.63. The van der Waals surface area contributed by atoms with Gasteiger partial charge in [-0.25, -0.2) is 9.97 Å². The highest BCUT2D eigenvalue weighted by atomic mass is 16.5. The molecule has 0 aliphatic carbocycles. The van der Waals surface area contributed by atoms with Gasteiger partial charge in [-0.2, -0.15) is 0 Å². The van der Waals surface area contributed by atoms with Crippen molar-refractivity contribution in [3.8, 4) is 0 Å². The first-order valence-corrected chi connectivity index (χ1v) is 7.77. The molecule has 1 fully saturated rings. The van der Waals surface area contributed by atoms with Gasteiger partial charge in [0.1, 0.15) is 0 Å². The minimum atomic E-state index is 0.248. The van der Waals surface area contributed by atoms with Crippen molar-refractivity contribution in [3.05, 3.63) is 48.0 Å². The van der Waals surface area contributed by atoms with Crippen LogP contribution in [0.25, 0.3) is 0 Å². The Hall–Kier alpha value is -2.01. The van der Waals surface area contributed by atoms with Crippen LogP contribution >= 0.6 is 0 Å². The van der Waals surface area contributed by atoms with Crippen LogP contribution in [0.4, 0.5) is 5.95 Å². The number of aromatic nitrogens is 3. The van der Waals surface area contributed by atoms with Gasteiger partial charge in [0.05, 0.1) is 19.3 Å². The van der Waals surface area contributed by atoms with E-state index in [1.165, 1.54) is 5.56 Å². The number of nitrogens with one attached hydrogen (secondary N) is 1. The summed E-state index contributed by atoms with van der Waals surface area (Å²) in [4.78, 5) is 12.9. The SMILES string of the molecule is CC(C)c1cnc(N[C@@H]2COC[C@H]2Cc2ccncc2)nc1. The van der Waals surface area contributed by atoms with Gasteiger partial charge >= 0.3 is 0 Å². The van der Waals surface area contributed by atoms with Crippen molar-refractivity contribution in [2.24, 2.45) is 5.92 Å². The number of anilines is 1. The molecule has 22 heavy (non-hydrogen) atoms. The highest BCUT2D eigenvalue weighted by molar-refractivity contribution is 5.28. The fourth-order valence-corrected chi connectivity index (χ4v) is 2.66. The third-order valence-electron chi connectivity index (χ3n) is 4.10. The van der Waals surface area contributed by atoms with E-state index in [0.717, 1.165) is 18.6 Å². The van der Waals surface area contributed by atoms with Crippen LogP contribution in [0.5, 0.6) is 0 Å². The van der Waals surface area contributed by atoms with Crippen LogP contribution in [-0.4, -0.2) is 34.2 Å². The summed E-state index contributed by atoms with van der Waals surface area (Å²) in [6.45, 7) is 5.75. The number of nitrogens with zero attached hydrogens (tertiary/aromatic N) is 3. The van der Waals surface area contributed by atoms with E-state index in [1.807, 2.05) is 24.8 Å². The number of rotatable bonds is 5. The van der Waals surface area contributed by atoms with Crippen LogP contribution in [0.1, 0.15) is 30.9 Å². The maximum Gasteiger partial charge on any atom is 0.222 e. The minimum Gasteiger partial charge on any atom is -0.379 e. The summed E-state index contributed by atoms with van der Waals surface area (Å²) in [5.74, 6) is 1.55. The summed E-state index contributed by atoms with van der Waals surface area (Å²) in [7, 11) is 0. The molecule has 0 amide bonds. The van der Waals surface area contributed by atoms with Crippen LogP contribution in [0.3, 0.4) is 0 Å². The fourth-order valence-electron chi connectivity index (χ4n) is 2.66. The Bertz CT molecular complexity index is 585. The number of ether oxygens (including phenoxy) is 1. The zero-order valence-electron chi connectivity index (χ0n) is 13.1. The van der Waals surface area contributed by atoms with Crippen molar-refractivity contribution in [2.75, 3.05) is 18.5 Å². The van der Waals surface area contributed by atoms with Gasteiger partial charge in [0.2, 0.25) is 5.95 Å². The molecule has 1 aliphatic heterocycles. The second kappa shape index (κ2) is 6.83. The molecule has 0 saturated carbocycles. The van der Waals surface area contributed by atoms with Crippen molar-refractivity contribution in [2.45, 2.75) is 32.2 Å². The van der Waals surface area contributed by atoms with E-state index in [0.29, 0.717) is 24.4 Å². The van der Waals surface area contributed by atoms with Crippen LogP contribution < -0.4 is 5.32 Å². The van der Waals surface area contributed by atoms with E-state index in [-0.39, 0.29) is 6.04 Å². The molecule has 2 aromatic heterocycles. The van der Waals surface area contributed by atoms with E-state index in [9.17, 15) is 0 Å². The summed E-state index contributed by atoms with van der Waals surface area (Å²) >= 11 is 0. The zero-order valence-corrected chi connectivity index (χ0v) is 13.1. The highest BCUT2D eigenvalue weighted by Crippen LogP contribution is 2.21. The summed E-state index contributed by atoms with van der Waals surface area (Å²) in [5.41, 5.74) is 2.44. The molecular weight excluding hydrogens is 276 g/mol. The van der Waals surface area contributed by atoms with Gasteiger partial charge in [-0.15, -0.1) is 0 Å². The molecule has 3 rings (SSSR count). The third-order valence-corrected chi connectivity index (χ3v) is 4.10. The molecule has 3 heterocycles. The van der Waals surface area contributed by atoms with Crippen molar-refractivity contribution in [1.29, 1.82) is 0 Å². The van der Waals surface area contributed by atoms with E-state index >= 15 is 0 Å². The molecule has 0 spiro atoms. The van der Waals surface area contributed by atoms with Crippen LogP contribution in [0, 0.1) is 5.92 Å². The lowest BCUT2D eigenvalue weighted by atomic mass is 9.95. The molecule has 0 bridgehead atoms. The second-order valence-corrected chi connectivity index (χ2v) is 6.10. The van der Waals surface area contributed by atoms with Gasteiger partial charge in [-0.1, -0.05) is 13.8 Å². The lowest BCUT2D eigenvalue weighted by Crippen LogP contribution is -2.30. The predicted molar refractivity (Wildman–Crippen MR) is 85.8 cm³/mol. The molecule has 0 aromatic carbocycles. The Morgan fingerprint density at radius 3 is 2.59 bits per heavy atom. The Morgan fingerprint density at radius 1 is 1.18 bits per heavy atom. The van der Waals surface area contributed by atoms with Gasteiger partial charge in [-0.05, 0) is 35.6 Å². The van der Waals surface area contributed by atoms with Gasteiger partial charge in [0.15, 0.2) is 0 Å². The van der Waals surface area contributed by atoms with Crippen molar-refractivity contribution in [1.82, 2.24) is 15.0 Å². The largest absolute Gasteiger partial charge is 0.379 e. The second-order valence-electron chi connectivity index (χ2n) is 6.10. The Labute approximate surface area is 131 Å². The van der Waals surface area contributed by atoms with E-state index in [4.69, 9.17) is 4.74 Å². The molecule has 0 unspecified atom stereocenters. The van der Waals surface area contributed by atoms with Crippen molar-refractivity contribution in [3.63, 3.8) is 0 Å². The van der Waals surface area contributed by atoms with E-state index in [1.54, 1.807) is 0 Å². The fraction of sp³-hybridized carbons (Fsp3) is 0.471. The lowest BCUT2D eigenvalue weighted by molar-refractivity contribution is 0.185. The molecule has 2 aromatic rings. The maximum absolute atomic E-state index is 5.64. The normalized spacial score (nSPS) is 21.2. The Kier molecular flexibility index (Phi) is 4.63. The van der Waals surface area contributed by atoms with Crippen LogP contribution in [0.2, 0.25) is 0 Å². The van der Waals surface area contributed by atoms with Crippen LogP contribution in [-0.2, 0) is 11.2 Å².